The Kier molecular flexibility index (Phi) is 2.95. The zero-order chi connectivity index (χ0) is 10.7. The number of hydrogen-bond acceptors (Lipinski definition) is 5. The third kappa shape index (κ3) is 1.78. The van der Waals surface area contributed by atoms with Gasteiger partial charge < -0.3 is 4.74 Å². The molecule has 1 aromatic rings. The van der Waals surface area contributed by atoms with E-state index in [1.54, 1.807) is 0 Å². The Morgan fingerprint density at radius 2 is 2.29 bits per heavy atom. The molecular formula is C8H11N3O3. The standard InChI is InChI=1S/C8H11N3O3/c1-5(2)11-4-6(10-13)7(9-11)8(12)14-3/h4-5H,1-3H3. The van der Waals surface area contributed by atoms with Gasteiger partial charge in [-0.1, -0.05) is 0 Å². The van der Waals surface area contributed by atoms with Crippen molar-refractivity contribution in [3.05, 3.63) is 16.8 Å². The Hall–Kier alpha value is -1.72. The van der Waals surface area contributed by atoms with Crippen molar-refractivity contribution < 1.29 is 9.53 Å². The molecule has 0 N–H and O–H groups in total. The number of nitrogens with zero attached hydrogens (tertiary/aromatic N) is 3. The summed E-state index contributed by atoms with van der Waals surface area (Å²) in [5, 5.41) is 6.61. The highest BCUT2D eigenvalue weighted by molar-refractivity contribution is 5.92. The van der Waals surface area contributed by atoms with Crippen LogP contribution < -0.4 is 0 Å². The Balaban J connectivity index is 3.14. The molecule has 0 atom stereocenters. The third-order valence-corrected chi connectivity index (χ3v) is 1.72. The summed E-state index contributed by atoms with van der Waals surface area (Å²) in [4.78, 5) is 21.5. The molecule has 6 heteroatoms. The van der Waals surface area contributed by atoms with E-state index in [4.69, 9.17) is 0 Å². The molecule has 0 aliphatic rings. The quantitative estimate of drug-likeness (QED) is 0.545. The van der Waals surface area contributed by atoms with Crippen LogP contribution >= 0.6 is 0 Å². The van der Waals surface area contributed by atoms with Crippen LogP contribution in [0.4, 0.5) is 5.69 Å². The number of esters is 1. The molecule has 0 unspecified atom stereocenters. The maximum Gasteiger partial charge on any atom is 0.360 e. The van der Waals surface area contributed by atoms with Crippen LogP contribution in [0, 0.1) is 4.91 Å². The lowest BCUT2D eigenvalue weighted by atomic mass is 10.4. The smallest absolute Gasteiger partial charge is 0.360 e. The van der Waals surface area contributed by atoms with Gasteiger partial charge in [0.05, 0.1) is 13.3 Å². The van der Waals surface area contributed by atoms with Gasteiger partial charge in [-0.2, -0.15) is 5.10 Å². The molecule has 0 spiro atoms. The van der Waals surface area contributed by atoms with Crippen molar-refractivity contribution in [1.82, 2.24) is 9.78 Å². The van der Waals surface area contributed by atoms with E-state index in [9.17, 15) is 9.70 Å². The summed E-state index contributed by atoms with van der Waals surface area (Å²) in [6.45, 7) is 3.76. The fraction of sp³-hybridized carbons (Fsp3) is 0.500. The fourth-order valence-electron chi connectivity index (χ4n) is 0.955. The SMILES string of the molecule is COC(=O)c1nn(C(C)C)cc1N=O. The highest BCUT2D eigenvalue weighted by Crippen LogP contribution is 2.20. The van der Waals surface area contributed by atoms with Crippen LogP contribution in [-0.4, -0.2) is 22.9 Å². The highest BCUT2D eigenvalue weighted by Gasteiger charge is 2.18. The molecule has 6 nitrogen and oxygen atoms in total. The number of nitroso groups, excluding NO2 is 1. The summed E-state index contributed by atoms with van der Waals surface area (Å²) in [5.41, 5.74) is -0.0400. The molecule has 0 amide bonds. The first-order valence-corrected chi connectivity index (χ1v) is 4.11. The molecule has 0 saturated heterocycles. The van der Waals surface area contributed by atoms with Crippen LogP contribution in [0.15, 0.2) is 11.4 Å². The number of carbonyl (C=O) groups is 1. The van der Waals surface area contributed by atoms with E-state index < -0.39 is 5.97 Å². The minimum atomic E-state index is -0.654. The van der Waals surface area contributed by atoms with Gasteiger partial charge >= 0.3 is 5.97 Å². The Bertz CT molecular complexity index is 357. The molecule has 0 fully saturated rings. The van der Waals surface area contributed by atoms with Crippen molar-refractivity contribution in [3.8, 4) is 0 Å². The Labute approximate surface area is 80.8 Å². The molecule has 0 aromatic carbocycles. The fourth-order valence-corrected chi connectivity index (χ4v) is 0.955. The molecule has 0 radical (unpaired) electrons. The van der Waals surface area contributed by atoms with Crippen LogP contribution in [-0.2, 0) is 4.74 Å². The zero-order valence-electron chi connectivity index (χ0n) is 8.22. The molecule has 14 heavy (non-hydrogen) atoms. The van der Waals surface area contributed by atoms with Gasteiger partial charge in [0.15, 0.2) is 11.4 Å². The van der Waals surface area contributed by atoms with Gasteiger partial charge in [0.2, 0.25) is 0 Å². The molecule has 0 saturated carbocycles. The predicted octanol–water partition coefficient (Wildman–Crippen LogP) is 1.65. The molecule has 76 valence electrons. The third-order valence-electron chi connectivity index (χ3n) is 1.72. The van der Waals surface area contributed by atoms with E-state index in [1.807, 2.05) is 13.8 Å². The van der Waals surface area contributed by atoms with E-state index in [1.165, 1.54) is 18.0 Å². The van der Waals surface area contributed by atoms with Gasteiger partial charge in [0.25, 0.3) is 0 Å². The van der Waals surface area contributed by atoms with Crippen LogP contribution in [0.3, 0.4) is 0 Å². The number of hydrogen-bond donors (Lipinski definition) is 0. The van der Waals surface area contributed by atoms with Crippen LogP contribution in [0.25, 0.3) is 0 Å². The number of aromatic nitrogens is 2. The van der Waals surface area contributed by atoms with Crippen molar-refractivity contribution >= 4 is 11.7 Å². The summed E-state index contributed by atoms with van der Waals surface area (Å²) in [5.74, 6) is -0.654. The monoisotopic (exact) mass is 197 g/mol. The van der Waals surface area contributed by atoms with Crippen molar-refractivity contribution in [3.63, 3.8) is 0 Å². The predicted molar refractivity (Wildman–Crippen MR) is 49.4 cm³/mol. The molecule has 1 rings (SSSR count). The van der Waals surface area contributed by atoms with E-state index in [-0.39, 0.29) is 17.4 Å². The van der Waals surface area contributed by atoms with Crippen LogP contribution in [0.5, 0.6) is 0 Å². The summed E-state index contributed by atoms with van der Waals surface area (Å²) in [6, 6.07) is 0.0638. The molecule has 0 aliphatic carbocycles. The maximum atomic E-state index is 11.1. The second-order valence-electron chi connectivity index (χ2n) is 3.02. The minimum absolute atomic E-state index is 0.00514. The van der Waals surface area contributed by atoms with Gasteiger partial charge in [-0.15, -0.1) is 4.91 Å². The number of carbonyl (C=O) groups excluding carboxylic acids is 1. The topological polar surface area (TPSA) is 73.5 Å². The summed E-state index contributed by atoms with van der Waals surface area (Å²) >= 11 is 0. The molecule has 0 bridgehead atoms. The first-order valence-electron chi connectivity index (χ1n) is 4.11. The lowest BCUT2D eigenvalue weighted by Gasteiger charge is -2.02. The van der Waals surface area contributed by atoms with Gasteiger partial charge in [0.1, 0.15) is 0 Å². The second kappa shape index (κ2) is 3.99. The highest BCUT2D eigenvalue weighted by atomic mass is 16.5. The van der Waals surface area contributed by atoms with Gasteiger partial charge in [0, 0.05) is 6.04 Å². The van der Waals surface area contributed by atoms with E-state index in [2.05, 4.69) is 15.0 Å². The second-order valence-corrected chi connectivity index (χ2v) is 3.02. The zero-order valence-corrected chi connectivity index (χ0v) is 8.22. The normalized spacial score (nSPS) is 10.3. The van der Waals surface area contributed by atoms with Gasteiger partial charge in [-0.05, 0) is 19.0 Å². The van der Waals surface area contributed by atoms with E-state index >= 15 is 0 Å². The van der Waals surface area contributed by atoms with Gasteiger partial charge in [-0.25, -0.2) is 4.79 Å². The Morgan fingerprint density at radius 1 is 1.64 bits per heavy atom. The van der Waals surface area contributed by atoms with Crippen LogP contribution in [0.1, 0.15) is 30.4 Å². The van der Waals surface area contributed by atoms with E-state index in [0.29, 0.717) is 0 Å². The molecule has 1 aromatic heterocycles. The summed E-state index contributed by atoms with van der Waals surface area (Å²) in [6.07, 6.45) is 1.42. The van der Waals surface area contributed by atoms with Crippen molar-refractivity contribution in [2.75, 3.05) is 7.11 Å². The minimum Gasteiger partial charge on any atom is -0.464 e. The van der Waals surface area contributed by atoms with Crippen LogP contribution in [0.2, 0.25) is 0 Å². The average molecular weight is 197 g/mol. The average Bonchev–Trinajstić information content (AvgIpc) is 2.60. The largest absolute Gasteiger partial charge is 0.464 e. The van der Waals surface area contributed by atoms with Crippen molar-refractivity contribution in [2.45, 2.75) is 19.9 Å². The summed E-state index contributed by atoms with van der Waals surface area (Å²) < 4.78 is 5.95. The summed E-state index contributed by atoms with van der Waals surface area (Å²) in [7, 11) is 1.23. The van der Waals surface area contributed by atoms with Crippen molar-refractivity contribution in [1.29, 1.82) is 0 Å². The number of methoxy groups -OCH3 is 1. The van der Waals surface area contributed by atoms with E-state index in [0.717, 1.165) is 0 Å². The first kappa shape index (κ1) is 10.4. The molecule has 0 aliphatic heterocycles. The molecule has 1 heterocycles. The Morgan fingerprint density at radius 3 is 2.71 bits per heavy atom. The number of rotatable bonds is 3. The van der Waals surface area contributed by atoms with Crippen molar-refractivity contribution in [2.24, 2.45) is 5.18 Å². The maximum absolute atomic E-state index is 11.1. The first-order chi connectivity index (χ1) is 6.60. The molecular weight excluding hydrogens is 186 g/mol. The lowest BCUT2D eigenvalue weighted by molar-refractivity contribution is 0.0593. The lowest BCUT2D eigenvalue weighted by Crippen LogP contribution is -2.06. The number of ether oxygens (including phenoxy) is 1. The van der Waals surface area contributed by atoms with Gasteiger partial charge in [-0.3, -0.25) is 4.68 Å².